The summed E-state index contributed by atoms with van der Waals surface area (Å²) in [6, 6.07) is 10.1. The second-order valence-electron chi connectivity index (χ2n) is 9.96. The highest BCUT2D eigenvalue weighted by Gasteiger charge is 2.45. The van der Waals surface area contributed by atoms with Gasteiger partial charge in [-0.2, -0.15) is 8.42 Å². The lowest BCUT2D eigenvalue weighted by molar-refractivity contribution is -0.136. The molecule has 13 nitrogen and oxygen atoms in total. The van der Waals surface area contributed by atoms with E-state index in [4.69, 9.17) is 23.1 Å². The van der Waals surface area contributed by atoms with E-state index in [1.807, 2.05) is 6.92 Å². The van der Waals surface area contributed by atoms with Crippen LogP contribution in [0.5, 0.6) is 0 Å². The van der Waals surface area contributed by atoms with Crippen molar-refractivity contribution < 1.29 is 50.7 Å². The van der Waals surface area contributed by atoms with Gasteiger partial charge in [-0.25, -0.2) is 0 Å². The number of aryl methyl sites for hydroxylation is 1. The van der Waals surface area contributed by atoms with Gasteiger partial charge in [0.1, 0.15) is 12.6 Å². The summed E-state index contributed by atoms with van der Waals surface area (Å²) < 4.78 is 50.7. The maximum atomic E-state index is 13.1. The van der Waals surface area contributed by atoms with Crippen molar-refractivity contribution in [1.29, 1.82) is 0 Å². The molecule has 1 atom stereocenters. The summed E-state index contributed by atoms with van der Waals surface area (Å²) in [5, 5.41) is 2.17. The number of nitrogens with one attached hydrogen (secondary N) is 1. The molecular formula is C31H34N2O11S. The summed E-state index contributed by atoms with van der Waals surface area (Å²) in [7, 11) is -3.81. The molecule has 0 radical (unpaired) electrons. The summed E-state index contributed by atoms with van der Waals surface area (Å²) in [6.45, 7) is 3.77. The molecule has 2 aliphatic heterocycles. The normalized spacial score (nSPS) is 16.4. The van der Waals surface area contributed by atoms with E-state index in [0.29, 0.717) is 32.0 Å². The number of imide groups is 2. The minimum Gasteiger partial charge on any atom is -0.377 e. The molecule has 4 rings (SSSR count). The van der Waals surface area contributed by atoms with Crippen LogP contribution in [0, 0.1) is 18.8 Å². The molecule has 0 spiro atoms. The van der Waals surface area contributed by atoms with Gasteiger partial charge in [0.05, 0.1) is 68.9 Å². The van der Waals surface area contributed by atoms with Gasteiger partial charge in [-0.05, 0) is 37.6 Å². The highest BCUT2D eigenvalue weighted by Crippen LogP contribution is 2.29. The molecule has 4 amide bonds. The molecule has 240 valence electrons. The molecule has 2 aromatic rings. The van der Waals surface area contributed by atoms with E-state index in [9.17, 15) is 27.6 Å². The molecule has 1 unspecified atom stereocenters. The van der Waals surface area contributed by atoms with Gasteiger partial charge in [0, 0.05) is 12.0 Å². The van der Waals surface area contributed by atoms with E-state index in [1.54, 1.807) is 24.3 Å². The average molecular weight is 643 g/mol. The van der Waals surface area contributed by atoms with Crippen molar-refractivity contribution in [3.8, 4) is 11.8 Å². The van der Waals surface area contributed by atoms with E-state index in [0.717, 1.165) is 10.5 Å². The van der Waals surface area contributed by atoms with Crippen molar-refractivity contribution in [2.75, 3.05) is 59.5 Å². The first-order chi connectivity index (χ1) is 21.7. The summed E-state index contributed by atoms with van der Waals surface area (Å²) in [5.41, 5.74) is 1.60. The van der Waals surface area contributed by atoms with Gasteiger partial charge in [0.2, 0.25) is 11.8 Å². The largest absolute Gasteiger partial charge is 0.377 e. The molecule has 1 saturated heterocycles. The molecule has 0 saturated carbocycles. The summed E-state index contributed by atoms with van der Waals surface area (Å²) in [4.78, 5) is 50.7. The molecule has 0 bridgehead atoms. The zero-order valence-corrected chi connectivity index (χ0v) is 25.6. The van der Waals surface area contributed by atoms with Gasteiger partial charge in [-0.15, -0.1) is 0 Å². The number of benzene rings is 2. The van der Waals surface area contributed by atoms with Gasteiger partial charge in [-0.1, -0.05) is 35.6 Å². The maximum Gasteiger partial charge on any atom is 0.297 e. The molecular weight excluding hydrogens is 608 g/mol. The molecule has 1 fully saturated rings. The topological polar surface area (TPSA) is 164 Å². The van der Waals surface area contributed by atoms with Gasteiger partial charge in [0.25, 0.3) is 21.9 Å². The molecule has 2 aromatic carbocycles. The Morgan fingerprint density at radius 2 is 1.44 bits per heavy atom. The number of hydrogen-bond donors (Lipinski definition) is 1. The summed E-state index contributed by atoms with van der Waals surface area (Å²) >= 11 is 0. The molecule has 0 aromatic heterocycles. The minimum atomic E-state index is -3.81. The quantitative estimate of drug-likeness (QED) is 0.121. The van der Waals surface area contributed by atoms with E-state index >= 15 is 0 Å². The van der Waals surface area contributed by atoms with E-state index in [1.165, 1.54) is 18.2 Å². The van der Waals surface area contributed by atoms with Crippen molar-refractivity contribution in [3.63, 3.8) is 0 Å². The van der Waals surface area contributed by atoms with Crippen molar-refractivity contribution in [2.45, 2.75) is 30.7 Å². The Morgan fingerprint density at radius 1 is 0.822 bits per heavy atom. The Kier molecular flexibility index (Phi) is 12.3. The number of ether oxygens (including phenoxy) is 4. The predicted molar refractivity (Wildman–Crippen MR) is 158 cm³/mol. The van der Waals surface area contributed by atoms with Crippen LogP contribution in [0.15, 0.2) is 47.4 Å². The van der Waals surface area contributed by atoms with Crippen molar-refractivity contribution >= 4 is 33.7 Å². The smallest absolute Gasteiger partial charge is 0.297 e. The Balaban J connectivity index is 1.04. The van der Waals surface area contributed by atoms with Crippen molar-refractivity contribution in [1.82, 2.24) is 10.2 Å². The van der Waals surface area contributed by atoms with E-state index in [2.05, 4.69) is 17.2 Å². The highest BCUT2D eigenvalue weighted by molar-refractivity contribution is 7.86. The zero-order valence-electron chi connectivity index (χ0n) is 24.7. The van der Waals surface area contributed by atoms with E-state index < -0.39 is 39.8 Å². The Morgan fingerprint density at radius 3 is 2.09 bits per heavy atom. The first-order valence-corrected chi connectivity index (χ1v) is 15.7. The van der Waals surface area contributed by atoms with E-state index in [-0.39, 0.29) is 61.9 Å². The van der Waals surface area contributed by atoms with Gasteiger partial charge < -0.3 is 18.9 Å². The van der Waals surface area contributed by atoms with Crippen molar-refractivity contribution in [3.05, 3.63) is 64.7 Å². The van der Waals surface area contributed by atoms with Crippen LogP contribution >= 0.6 is 0 Å². The number of fused-ring (bicyclic) bond motifs is 1. The van der Waals surface area contributed by atoms with Crippen LogP contribution in [0.3, 0.4) is 0 Å². The molecule has 14 heteroatoms. The van der Waals surface area contributed by atoms with Crippen LogP contribution in [0.4, 0.5) is 0 Å². The Bertz CT molecular complexity index is 1560. The SMILES string of the molecule is Cc1ccc(S(=O)(=O)OCCOCCOCCOCCOCC#Cc2cccc3c2C(=O)N(C2CCC(=O)NC2=O)C3=O)cc1. The first kappa shape index (κ1) is 33.9. The highest BCUT2D eigenvalue weighted by atomic mass is 32.2. The fraction of sp³-hybridized carbons (Fsp3) is 0.419. The number of carbonyl (C=O) groups is 4. The first-order valence-electron chi connectivity index (χ1n) is 14.3. The van der Waals surface area contributed by atoms with Gasteiger partial charge in [0.15, 0.2) is 0 Å². The third-order valence-electron chi connectivity index (χ3n) is 6.76. The number of piperidine rings is 1. The van der Waals surface area contributed by atoms with Crippen LogP contribution < -0.4 is 5.32 Å². The second kappa shape index (κ2) is 16.4. The molecule has 1 N–H and O–H groups in total. The molecule has 45 heavy (non-hydrogen) atoms. The van der Waals surface area contributed by atoms with Crippen LogP contribution in [0.2, 0.25) is 0 Å². The fourth-order valence-electron chi connectivity index (χ4n) is 4.51. The third kappa shape index (κ3) is 9.27. The lowest BCUT2D eigenvalue weighted by atomic mass is 10.0. The number of hydrogen-bond acceptors (Lipinski definition) is 11. The predicted octanol–water partition coefficient (Wildman–Crippen LogP) is 1.22. The standard InChI is InChI=1S/C31H34N2O11S/c1-22-7-9-24(10-8-22)45(38,39)44-21-20-43-19-18-42-17-16-41-15-14-40-13-3-5-23-4-2-6-25-28(23)31(37)33(30(25)36)26-11-12-27(34)32-29(26)35/h2,4,6-10,26H,11-21H2,1H3,(H,32,34,35). The van der Waals surface area contributed by atoms with Crippen LogP contribution in [-0.4, -0.2) is 102 Å². The molecule has 2 aliphatic rings. The Labute approximate surface area is 261 Å². The van der Waals surface area contributed by atoms with Crippen LogP contribution in [-0.2, 0) is 42.8 Å². The molecule has 0 aliphatic carbocycles. The summed E-state index contributed by atoms with van der Waals surface area (Å²) in [6.07, 6.45) is 0.123. The van der Waals surface area contributed by atoms with Crippen molar-refractivity contribution in [2.24, 2.45) is 0 Å². The van der Waals surface area contributed by atoms with Gasteiger partial charge in [-0.3, -0.25) is 33.6 Å². The van der Waals surface area contributed by atoms with Crippen LogP contribution in [0.25, 0.3) is 0 Å². The Hall–Kier alpha value is -3.97. The summed E-state index contributed by atoms with van der Waals surface area (Å²) in [5.74, 6) is 3.37. The average Bonchev–Trinajstić information content (AvgIpc) is 3.27. The fourth-order valence-corrected chi connectivity index (χ4v) is 5.40. The number of carbonyl (C=O) groups excluding carboxylic acids is 4. The lowest BCUT2D eigenvalue weighted by Gasteiger charge is -2.27. The maximum absolute atomic E-state index is 13.1. The number of nitrogens with zero attached hydrogens (tertiary/aromatic N) is 1. The van der Waals surface area contributed by atoms with Crippen LogP contribution in [0.1, 0.15) is 44.7 Å². The number of rotatable bonds is 16. The third-order valence-corrected chi connectivity index (χ3v) is 8.08. The monoisotopic (exact) mass is 642 g/mol. The molecule has 2 heterocycles. The second-order valence-corrected chi connectivity index (χ2v) is 11.6. The lowest BCUT2D eigenvalue weighted by Crippen LogP contribution is -2.54. The minimum absolute atomic E-state index is 0.0447. The van der Waals surface area contributed by atoms with Gasteiger partial charge >= 0.3 is 0 Å². The zero-order chi connectivity index (χ0) is 32.2. The number of amides is 4.